The minimum absolute atomic E-state index is 0.0147. The first kappa shape index (κ1) is 29.9. The number of carbonyl (C=O) groups excluding carboxylic acids is 1. The van der Waals surface area contributed by atoms with Crippen LogP contribution in [0, 0.1) is 0 Å². The SMILES string of the molecule is COc1ccc(C(OCc2ccc(CN=[N+]=[N-])c(OC(=O)CCCC(=O)O)c2)(c2ccccc2)c2ccccc2)cc1. The highest BCUT2D eigenvalue weighted by Crippen LogP contribution is 2.42. The molecular weight excluding hydrogens is 534 g/mol. The molecule has 0 aliphatic rings. The number of esters is 1. The zero-order valence-corrected chi connectivity index (χ0v) is 23.2. The third kappa shape index (κ3) is 7.34. The summed E-state index contributed by atoms with van der Waals surface area (Å²) < 4.78 is 17.9. The highest BCUT2D eigenvalue weighted by Gasteiger charge is 2.37. The van der Waals surface area contributed by atoms with Gasteiger partial charge in [-0.3, -0.25) is 9.59 Å². The fraction of sp³-hybridized carbons (Fsp3) is 0.212. The Labute approximate surface area is 243 Å². The van der Waals surface area contributed by atoms with Gasteiger partial charge in [-0.05, 0) is 52.4 Å². The average Bonchev–Trinajstić information content (AvgIpc) is 3.02. The zero-order chi connectivity index (χ0) is 29.8. The molecule has 0 unspecified atom stereocenters. The van der Waals surface area contributed by atoms with Gasteiger partial charge in [0.25, 0.3) is 0 Å². The van der Waals surface area contributed by atoms with E-state index in [0.717, 1.165) is 28.0 Å². The normalized spacial score (nSPS) is 10.9. The molecule has 0 heterocycles. The zero-order valence-electron chi connectivity index (χ0n) is 23.2. The molecule has 0 spiro atoms. The molecule has 0 saturated carbocycles. The quantitative estimate of drug-likeness (QED) is 0.0430. The Kier molecular flexibility index (Phi) is 10.3. The van der Waals surface area contributed by atoms with Crippen LogP contribution in [-0.2, 0) is 33.1 Å². The number of aliphatic carboxylic acids is 1. The van der Waals surface area contributed by atoms with Crippen LogP contribution in [0.4, 0.5) is 0 Å². The molecule has 42 heavy (non-hydrogen) atoms. The van der Waals surface area contributed by atoms with E-state index in [2.05, 4.69) is 10.0 Å². The molecule has 0 aliphatic carbocycles. The van der Waals surface area contributed by atoms with Crippen molar-refractivity contribution in [2.75, 3.05) is 7.11 Å². The van der Waals surface area contributed by atoms with E-state index in [0.29, 0.717) is 5.56 Å². The number of ether oxygens (including phenoxy) is 3. The van der Waals surface area contributed by atoms with Gasteiger partial charge in [-0.2, -0.15) is 0 Å². The van der Waals surface area contributed by atoms with Crippen LogP contribution < -0.4 is 9.47 Å². The van der Waals surface area contributed by atoms with Crippen LogP contribution in [0.2, 0.25) is 0 Å². The summed E-state index contributed by atoms with van der Waals surface area (Å²) in [5, 5.41) is 12.5. The number of nitrogens with zero attached hydrogens (tertiary/aromatic N) is 3. The third-order valence-corrected chi connectivity index (χ3v) is 6.74. The molecule has 0 radical (unpaired) electrons. The van der Waals surface area contributed by atoms with Gasteiger partial charge in [0.1, 0.15) is 17.1 Å². The maximum absolute atomic E-state index is 12.5. The van der Waals surface area contributed by atoms with Crippen molar-refractivity contribution in [2.45, 2.75) is 38.0 Å². The number of carboxylic acids is 1. The highest BCUT2D eigenvalue weighted by molar-refractivity contribution is 5.74. The predicted octanol–water partition coefficient (Wildman–Crippen LogP) is 7.17. The lowest BCUT2D eigenvalue weighted by Crippen LogP contribution is -2.32. The second kappa shape index (κ2) is 14.5. The van der Waals surface area contributed by atoms with E-state index in [9.17, 15) is 9.59 Å². The number of methoxy groups -OCH3 is 1. The summed E-state index contributed by atoms with van der Waals surface area (Å²) in [6.45, 7) is 0.125. The van der Waals surface area contributed by atoms with Crippen LogP contribution >= 0.6 is 0 Å². The van der Waals surface area contributed by atoms with Crippen LogP contribution in [0.5, 0.6) is 11.5 Å². The van der Waals surface area contributed by atoms with E-state index < -0.39 is 17.5 Å². The molecule has 0 aliphatic heterocycles. The van der Waals surface area contributed by atoms with Gasteiger partial charge in [0.2, 0.25) is 0 Å². The van der Waals surface area contributed by atoms with Gasteiger partial charge in [-0.15, -0.1) is 0 Å². The molecule has 0 aromatic heterocycles. The van der Waals surface area contributed by atoms with Crippen LogP contribution in [-0.4, -0.2) is 24.2 Å². The number of hydrogen-bond acceptors (Lipinski definition) is 6. The maximum atomic E-state index is 12.5. The molecule has 0 atom stereocenters. The van der Waals surface area contributed by atoms with Gasteiger partial charge in [0.15, 0.2) is 0 Å². The Balaban J connectivity index is 1.72. The molecule has 9 nitrogen and oxygen atoms in total. The minimum atomic E-state index is -0.994. The lowest BCUT2D eigenvalue weighted by molar-refractivity contribution is -0.137. The smallest absolute Gasteiger partial charge is 0.311 e. The molecule has 4 rings (SSSR count). The molecule has 4 aromatic carbocycles. The van der Waals surface area contributed by atoms with Crippen LogP contribution in [0.15, 0.2) is 108 Å². The lowest BCUT2D eigenvalue weighted by Gasteiger charge is -2.36. The summed E-state index contributed by atoms with van der Waals surface area (Å²) in [6.07, 6.45) is -0.0429. The average molecular weight is 566 g/mol. The van der Waals surface area contributed by atoms with Crippen molar-refractivity contribution in [3.8, 4) is 11.5 Å². The van der Waals surface area contributed by atoms with E-state index >= 15 is 0 Å². The van der Waals surface area contributed by atoms with Crippen LogP contribution in [0.25, 0.3) is 10.4 Å². The van der Waals surface area contributed by atoms with Gasteiger partial charge in [-0.1, -0.05) is 90.0 Å². The van der Waals surface area contributed by atoms with E-state index in [1.54, 1.807) is 19.2 Å². The van der Waals surface area contributed by atoms with Crippen molar-refractivity contribution in [3.63, 3.8) is 0 Å². The summed E-state index contributed by atoms with van der Waals surface area (Å²) in [7, 11) is 1.62. The number of carbonyl (C=O) groups is 2. The first-order valence-electron chi connectivity index (χ1n) is 13.4. The first-order valence-corrected chi connectivity index (χ1v) is 13.4. The van der Waals surface area contributed by atoms with Crippen molar-refractivity contribution >= 4 is 11.9 Å². The first-order chi connectivity index (χ1) is 20.5. The standard InChI is InChI=1S/C33H31N3O6/c1-40-29-19-17-28(18-20-29)33(26-9-4-2-5-10-26,27-11-6-3-7-12-27)41-23-24-15-16-25(22-35-36-34)30(21-24)42-32(39)14-8-13-31(37)38/h2-7,9-12,15-21H,8,13-14,22-23H2,1H3,(H,37,38). The second-order valence-corrected chi connectivity index (χ2v) is 9.48. The number of hydrogen-bond donors (Lipinski definition) is 1. The molecule has 214 valence electrons. The number of carboxylic acid groups (broad SMARTS) is 1. The Morgan fingerprint density at radius 3 is 2.05 bits per heavy atom. The molecule has 1 N–H and O–H groups in total. The summed E-state index contributed by atoms with van der Waals surface area (Å²) in [4.78, 5) is 26.1. The van der Waals surface area contributed by atoms with Crippen molar-refractivity contribution < 1.29 is 28.9 Å². The number of rotatable bonds is 14. The van der Waals surface area contributed by atoms with Gasteiger partial charge in [-0.25, -0.2) is 0 Å². The maximum Gasteiger partial charge on any atom is 0.311 e. The lowest BCUT2D eigenvalue weighted by atomic mass is 9.80. The third-order valence-electron chi connectivity index (χ3n) is 6.74. The Hall–Kier alpha value is -5.11. The molecule has 0 fully saturated rings. The van der Waals surface area contributed by atoms with Crippen molar-refractivity contribution in [3.05, 3.63) is 141 Å². The van der Waals surface area contributed by atoms with Gasteiger partial charge in [0.05, 0.1) is 20.3 Å². The molecule has 9 heteroatoms. The Bertz CT molecular complexity index is 1500. The fourth-order valence-corrected chi connectivity index (χ4v) is 4.69. The van der Waals surface area contributed by atoms with Crippen molar-refractivity contribution in [1.82, 2.24) is 0 Å². The highest BCUT2D eigenvalue weighted by atomic mass is 16.5. The van der Waals surface area contributed by atoms with E-state index in [4.69, 9.17) is 24.8 Å². The second-order valence-electron chi connectivity index (χ2n) is 9.48. The van der Waals surface area contributed by atoms with E-state index in [1.807, 2.05) is 91.0 Å². The minimum Gasteiger partial charge on any atom is -0.497 e. The van der Waals surface area contributed by atoms with Gasteiger partial charge in [0, 0.05) is 23.3 Å². The molecule has 4 aromatic rings. The largest absolute Gasteiger partial charge is 0.497 e. The molecular formula is C33H31N3O6. The van der Waals surface area contributed by atoms with Gasteiger partial charge >= 0.3 is 11.9 Å². The number of azide groups is 1. The van der Waals surface area contributed by atoms with Crippen LogP contribution in [0.1, 0.15) is 47.1 Å². The molecule has 0 saturated heterocycles. The van der Waals surface area contributed by atoms with E-state index in [1.165, 1.54) is 0 Å². The summed E-state index contributed by atoms with van der Waals surface area (Å²) in [6, 6.07) is 32.8. The molecule has 0 bridgehead atoms. The Morgan fingerprint density at radius 1 is 0.857 bits per heavy atom. The van der Waals surface area contributed by atoms with Crippen molar-refractivity contribution in [1.29, 1.82) is 0 Å². The summed E-state index contributed by atoms with van der Waals surface area (Å²) >= 11 is 0. The van der Waals surface area contributed by atoms with Crippen molar-refractivity contribution in [2.24, 2.45) is 5.11 Å². The topological polar surface area (TPSA) is 131 Å². The Morgan fingerprint density at radius 2 is 1.48 bits per heavy atom. The van der Waals surface area contributed by atoms with Gasteiger partial charge < -0.3 is 19.3 Å². The van der Waals surface area contributed by atoms with E-state index in [-0.39, 0.29) is 38.2 Å². The fourth-order valence-electron chi connectivity index (χ4n) is 4.69. The molecule has 0 amide bonds. The summed E-state index contributed by atoms with van der Waals surface area (Å²) in [5.74, 6) is -0.599. The number of benzene rings is 4. The summed E-state index contributed by atoms with van der Waals surface area (Å²) in [5.41, 5.74) is 11.8. The van der Waals surface area contributed by atoms with Crippen LogP contribution in [0.3, 0.4) is 0 Å². The predicted molar refractivity (Wildman–Crippen MR) is 157 cm³/mol. The monoisotopic (exact) mass is 565 g/mol.